The van der Waals surface area contributed by atoms with Crippen molar-refractivity contribution >= 4 is 61.2 Å². The second-order valence-electron chi connectivity index (χ2n) is 4.30. The zero-order valence-corrected chi connectivity index (χ0v) is 13.7. The van der Waals surface area contributed by atoms with E-state index in [4.69, 9.17) is 4.55 Å². The average Bonchev–Trinajstić information content (AvgIpc) is 2.86. The summed E-state index contributed by atoms with van der Waals surface area (Å²) in [5.41, 5.74) is -0.137. The van der Waals surface area contributed by atoms with Crippen LogP contribution in [0.4, 0.5) is 5.69 Å². The second-order valence-corrected chi connectivity index (χ2v) is 7.33. The topological polar surface area (TPSA) is 122 Å². The molecule has 116 valence electrons. The summed E-state index contributed by atoms with van der Waals surface area (Å²) in [5.74, 6) is -1.13. The third-order valence-corrected chi connectivity index (χ3v) is 4.95. The van der Waals surface area contributed by atoms with Crippen LogP contribution in [0.3, 0.4) is 0 Å². The Morgan fingerprint density at radius 2 is 2.00 bits per heavy atom. The smallest absolute Gasteiger partial charge is 0.321 e. The van der Waals surface area contributed by atoms with Crippen LogP contribution in [0.15, 0.2) is 27.6 Å². The summed E-state index contributed by atoms with van der Waals surface area (Å²) >= 11 is 3.98. The maximum absolute atomic E-state index is 12.1. The summed E-state index contributed by atoms with van der Waals surface area (Å²) in [7, 11) is -4.72. The Hall–Kier alpha value is -1.40. The van der Waals surface area contributed by atoms with Gasteiger partial charge >= 0.3 is 10.4 Å². The summed E-state index contributed by atoms with van der Waals surface area (Å²) in [6.45, 7) is 0. The van der Waals surface area contributed by atoms with Crippen LogP contribution in [-0.2, 0) is 24.2 Å². The lowest BCUT2D eigenvalue weighted by Crippen LogP contribution is -2.29. The van der Waals surface area contributed by atoms with Crippen molar-refractivity contribution in [1.82, 2.24) is 5.32 Å². The van der Waals surface area contributed by atoms with Gasteiger partial charge in [-0.25, -0.2) is 4.18 Å². The van der Waals surface area contributed by atoms with Crippen LogP contribution in [0.25, 0.3) is 5.57 Å². The average molecular weight is 407 g/mol. The standard InChI is InChI=1S/C11H7BrN2O6S2/c12-4-1-2-6-5(3-4)7(9(15)13-6)8-10(16)14-11(21-8)20-22(17,18)19/h1-3,11H,(H,13,15)(H,14,16)(H,17,18,19). The van der Waals surface area contributed by atoms with Crippen molar-refractivity contribution in [3.63, 3.8) is 0 Å². The van der Waals surface area contributed by atoms with E-state index in [0.29, 0.717) is 23.0 Å². The Kier molecular flexibility index (Phi) is 3.77. The molecule has 3 N–H and O–H groups in total. The molecule has 0 bridgehead atoms. The summed E-state index contributed by atoms with van der Waals surface area (Å²) in [6.07, 6.45) is 0. The van der Waals surface area contributed by atoms with Gasteiger partial charge in [0, 0.05) is 15.7 Å². The fourth-order valence-corrected chi connectivity index (χ4v) is 4.01. The van der Waals surface area contributed by atoms with E-state index in [1.807, 2.05) is 0 Å². The third kappa shape index (κ3) is 2.90. The molecule has 1 aromatic rings. The first-order valence-electron chi connectivity index (χ1n) is 5.73. The molecule has 11 heteroatoms. The van der Waals surface area contributed by atoms with Crippen molar-refractivity contribution in [3.05, 3.63) is 33.1 Å². The number of anilines is 1. The summed E-state index contributed by atoms with van der Waals surface area (Å²) in [5, 5.41) is 4.83. The van der Waals surface area contributed by atoms with Crippen LogP contribution >= 0.6 is 27.7 Å². The third-order valence-electron chi connectivity index (χ3n) is 2.84. The van der Waals surface area contributed by atoms with Crippen LogP contribution in [-0.4, -0.2) is 30.3 Å². The quantitative estimate of drug-likeness (QED) is 0.495. The maximum Gasteiger partial charge on any atom is 0.400 e. The number of halogens is 1. The number of carbonyl (C=O) groups is 2. The van der Waals surface area contributed by atoms with E-state index >= 15 is 0 Å². The normalized spacial score (nSPS) is 24.2. The Balaban J connectivity index is 2.03. The highest BCUT2D eigenvalue weighted by Gasteiger charge is 2.38. The summed E-state index contributed by atoms with van der Waals surface area (Å²) in [4.78, 5) is 24.1. The van der Waals surface area contributed by atoms with Crippen molar-refractivity contribution in [2.75, 3.05) is 5.32 Å². The lowest BCUT2D eigenvalue weighted by atomic mass is 10.1. The van der Waals surface area contributed by atoms with E-state index in [2.05, 4.69) is 30.7 Å². The number of thioether (sulfide) groups is 1. The van der Waals surface area contributed by atoms with Crippen molar-refractivity contribution in [2.45, 2.75) is 5.56 Å². The predicted octanol–water partition coefficient (Wildman–Crippen LogP) is 1.08. The van der Waals surface area contributed by atoms with Crippen LogP contribution in [0, 0.1) is 0 Å². The number of benzene rings is 1. The zero-order valence-electron chi connectivity index (χ0n) is 10.5. The van der Waals surface area contributed by atoms with Gasteiger partial charge < -0.3 is 10.6 Å². The highest BCUT2D eigenvalue weighted by molar-refractivity contribution is 9.10. The lowest BCUT2D eigenvalue weighted by molar-refractivity contribution is -0.117. The van der Waals surface area contributed by atoms with E-state index in [-0.39, 0.29) is 10.5 Å². The summed E-state index contributed by atoms with van der Waals surface area (Å²) < 4.78 is 35.0. The number of fused-ring (bicyclic) bond motifs is 1. The molecule has 2 amide bonds. The molecule has 1 atom stereocenters. The monoisotopic (exact) mass is 406 g/mol. The SMILES string of the molecule is O=C1NC(OS(=O)(=O)O)SC1=C1C(=O)Nc2ccc(Br)cc21. The van der Waals surface area contributed by atoms with Gasteiger partial charge in [0.15, 0.2) is 0 Å². The zero-order chi connectivity index (χ0) is 16.1. The highest BCUT2D eigenvalue weighted by Crippen LogP contribution is 2.41. The largest absolute Gasteiger partial charge is 0.400 e. The minimum Gasteiger partial charge on any atom is -0.321 e. The number of amides is 2. The molecule has 22 heavy (non-hydrogen) atoms. The molecule has 0 saturated carbocycles. The fourth-order valence-electron chi connectivity index (χ4n) is 2.05. The molecule has 8 nitrogen and oxygen atoms in total. The fraction of sp³-hybridized carbons (Fsp3) is 0.0909. The minimum absolute atomic E-state index is 0.0167. The Morgan fingerprint density at radius 3 is 2.68 bits per heavy atom. The number of hydrogen-bond acceptors (Lipinski definition) is 6. The molecule has 1 fully saturated rings. The van der Waals surface area contributed by atoms with Crippen molar-refractivity contribution in [1.29, 1.82) is 0 Å². The predicted molar refractivity (Wildman–Crippen MR) is 81.8 cm³/mol. The highest BCUT2D eigenvalue weighted by atomic mass is 79.9. The molecule has 2 heterocycles. The van der Waals surface area contributed by atoms with E-state index in [1.54, 1.807) is 18.2 Å². The number of nitrogens with one attached hydrogen (secondary N) is 2. The van der Waals surface area contributed by atoms with E-state index in [9.17, 15) is 18.0 Å². The van der Waals surface area contributed by atoms with Crippen LogP contribution in [0.1, 0.15) is 5.56 Å². The molecule has 1 saturated heterocycles. The van der Waals surface area contributed by atoms with Gasteiger partial charge in [0.05, 0.1) is 10.5 Å². The Bertz CT molecular complexity index is 835. The first-order valence-corrected chi connectivity index (χ1v) is 8.77. The van der Waals surface area contributed by atoms with E-state index < -0.39 is 27.8 Å². The summed E-state index contributed by atoms with van der Waals surface area (Å²) in [6, 6.07) is 5.08. The molecular formula is C11H7BrN2O6S2. The van der Waals surface area contributed by atoms with Gasteiger partial charge in [-0.1, -0.05) is 27.7 Å². The maximum atomic E-state index is 12.1. The molecule has 1 unspecified atom stereocenters. The van der Waals surface area contributed by atoms with Crippen molar-refractivity contribution in [3.8, 4) is 0 Å². The molecular weight excluding hydrogens is 400 g/mol. The van der Waals surface area contributed by atoms with Gasteiger partial charge in [-0.2, -0.15) is 8.42 Å². The number of rotatable bonds is 2. The first kappa shape index (κ1) is 15.5. The lowest BCUT2D eigenvalue weighted by Gasteiger charge is -2.05. The number of hydrogen-bond donors (Lipinski definition) is 3. The van der Waals surface area contributed by atoms with E-state index in [0.717, 1.165) is 4.47 Å². The second kappa shape index (κ2) is 5.35. The number of carbonyl (C=O) groups excluding carboxylic acids is 2. The van der Waals surface area contributed by atoms with Crippen molar-refractivity contribution < 1.29 is 26.7 Å². The van der Waals surface area contributed by atoms with Gasteiger partial charge in [0.2, 0.25) is 5.56 Å². The minimum atomic E-state index is -4.72. The van der Waals surface area contributed by atoms with E-state index in [1.165, 1.54) is 0 Å². The van der Waals surface area contributed by atoms with Gasteiger partial charge in [0.25, 0.3) is 11.8 Å². The van der Waals surface area contributed by atoms with Crippen LogP contribution in [0.2, 0.25) is 0 Å². The molecule has 1 aromatic carbocycles. The van der Waals surface area contributed by atoms with Gasteiger partial charge in [0.1, 0.15) is 0 Å². The molecule has 0 spiro atoms. The Morgan fingerprint density at radius 1 is 1.27 bits per heavy atom. The molecule has 0 aromatic heterocycles. The van der Waals surface area contributed by atoms with Gasteiger partial charge in [-0.3, -0.25) is 14.1 Å². The Labute approximate surface area is 137 Å². The molecule has 0 aliphatic carbocycles. The molecule has 3 rings (SSSR count). The van der Waals surface area contributed by atoms with Crippen LogP contribution in [0.5, 0.6) is 0 Å². The molecule has 2 aliphatic rings. The van der Waals surface area contributed by atoms with Crippen molar-refractivity contribution in [2.24, 2.45) is 0 Å². The van der Waals surface area contributed by atoms with Gasteiger partial charge in [-0.05, 0) is 18.2 Å². The van der Waals surface area contributed by atoms with Gasteiger partial charge in [-0.15, -0.1) is 0 Å². The molecule has 0 radical (unpaired) electrons. The van der Waals surface area contributed by atoms with Crippen LogP contribution < -0.4 is 10.6 Å². The molecule has 2 aliphatic heterocycles. The first-order chi connectivity index (χ1) is 10.2.